The maximum Gasteiger partial charge on any atom is 0.273 e. The first-order chi connectivity index (χ1) is 10.8. The molecule has 124 valence electrons. The highest BCUT2D eigenvalue weighted by Crippen LogP contribution is 2.23. The molecule has 1 aromatic rings. The summed E-state index contributed by atoms with van der Waals surface area (Å²) >= 11 is 1.31. The summed E-state index contributed by atoms with van der Waals surface area (Å²) in [6.45, 7) is 1.82. The molecular weight excluding hydrogens is 340 g/mol. The Morgan fingerprint density at radius 2 is 2.22 bits per heavy atom. The van der Waals surface area contributed by atoms with Crippen molar-refractivity contribution in [1.82, 2.24) is 9.99 Å². The van der Waals surface area contributed by atoms with E-state index in [0.29, 0.717) is 11.6 Å². The minimum atomic E-state index is -3.12. The molecule has 1 N–H and O–H groups in total. The lowest BCUT2D eigenvalue weighted by atomic mass is 10.1. The second-order valence-corrected chi connectivity index (χ2v) is 8.68. The molecule has 3 rings (SSSR count). The Morgan fingerprint density at radius 3 is 2.83 bits per heavy atom. The normalized spacial score (nSPS) is 23.7. The van der Waals surface area contributed by atoms with Crippen molar-refractivity contribution < 1.29 is 18.0 Å². The number of rotatable bonds is 3. The van der Waals surface area contributed by atoms with Crippen molar-refractivity contribution in [3.8, 4) is 0 Å². The Kier molecular flexibility index (Phi) is 4.19. The molecule has 0 aliphatic carbocycles. The van der Waals surface area contributed by atoms with Gasteiger partial charge in [-0.2, -0.15) is 5.10 Å². The third-order valence-corrected chi connectivity index (χ3v) is 6.34. The highest BCUT2D eigenvalue weighted by Gasteiger charge is 2.37. The van der Waals surface area contributed by atoms with E-state index in [2.05, 4.69) is 15.4 Å². The van der Waals surface area contributed by atoms with Crippen LogP contribution in [0.1, 0.15) is 25.0 Å². The fourth-order valence-corrected chi connectivity index (χ4v) is 4.94. The summed E-state index contributed by atoms with van der Waals surface area (Å²) in [5.74, 6) is -0.689. The highest BCUT2D eigenvalue weighted by molar-refractivity contribution is 7.91. The minimum Gasteiger partial charge on any atom is -0.297 e. The summed E-state index contributed by atoms with van der Waals surface area (Å²) < 4.78 is 23.2. The average Bonchev–Trinajstić information content (AvgIpc) is 3.05. The van der Waals surface area contributed by atoms with Crippen LogP contribution < -0.4 is 5.32 Å². The van der Waals surface area contributed by atoms with Crippen molar-refractivity contribution in [2.45, 2.75) is 32.2 Å². The molecular formula is C13H16N4O4S2. The highest BCUT2D eigenvalue weighted by atomic mass is 32.2. The first-order valence-corrected chi connectivity index (χ1v) is 9.87. The smallest absolute Gasteiger partial charge is 0.273 e. The van der Waals surface area contributed by atoms with Crippen molar-refractivity contribution in [3.05, 3.63) is 11.1 Å². The third-order valence-electron chi connectivity index (χ3n) is 3.72. The summed E-state index contributed by atoms with van der Waals surface area (Å²) in [5.41, 5.74) is 1.03. The van der Waals surface area contributed by atoms with Crippen LogP contribution in [-0.2, 0) is 19.4 Å². The van der Waals surface area contributed by atoms with Gasteiger partial charge < -0.3 is 0 Å². The Hall–Kier alpha value is -1.81. The Morgan fingerprint density at radius 1 is 1.43 bits per heavy atom. The molecule has 1 aromatic heterocycles. The maximum atomic E-state index is 12.2. The standard InChI is InChI=1S/C13H16N4O4S2/c1-8-6-22-13(14-8)15-12(19)10-2-3-11(18)17(16-10)9-4-5-23(20,21)7-9/h6,9H,2-5,7H2,1H3,(H,14,15,19). The largest absolute Gasteiger partial charge is 0.297 e. The second-order valence-electron chi connectivity index (χ2n) is 5.59. The van der Waals surface area contributed by atoms with Crippen LogP contribution >= 0.6 is 11.3 Å². The number of amides is 2. The van der Waals surface area contributed by atoms with Gasteiger partial charge in [0.1, 0.15) is 5.71 Å². The van der Waals surface area contributed by atoms with Crippen LogP contribution in [0.3, 0.4) is 0 Å². The lowest BCUT2D eigenvalue weighted by Crippen LogP contribution is -2.42. The number of nitrogens with one attached hydrogen (secondary N) is 1. The van der Waals surface area contributed by atoms with E-state index in [4.69, 9.17) is 0 Å². The van der Waals surface area contributed by atoms with E-state index in [1.54, 1.807) is 0 Å². The van der Waals surface area contributed by atoms with Crippen molar-refractivity contribution in [1.29, 1.82) is 0 Å². The number of carbonyl (C=O) groups is 2. The molecule has 0 saturated carbocycles. The number of sulfone groups is 1. The Labute approximate surface area is 137 Å². The second kappa shape index (κ2) is 6.00. The molecule has 1 atom stereocenters. The van der Waals surface area contributed by atoms with Crippen LogP contribution in [-0.4, -0.2) is 53.5 Å². The summed E-state index contributed by atoms with van der Waals surface area (Å²) in [6.07, 6.45) is 0.753. The van der Waals surface area contributed by atoms with E-state index in [0.717, 1.165) is 5.69 Å². The van der Waals surface area contributed by atoms with Gasteiger partial charge >= 0.3 is 0 Å². The monoisotopic (exact) mass is 356 g/mol. The number of hydrogen-bond donors (Lipinski definition) is 1. The molecule has 1 unspecified atom stereocenters. The van der Waals surface area contributed by atoms with Gasteiger partial charge in [0, 0.05) is 18.2 Å². The van der Waals surface area contributed by atoms with E-state index >= 15 is 0 Å². The van der Waals surface area contributed by atoms with E-state index in [9.17, 15) is 18.0 Å². The van der Waals surface area contributed by atoms with Gasteiger partial charge in [0.2, 0.25) is 5.91 Å². The molecule has 1 saturated heterocycles. The SMILES string of the molecule is Cc1csc(NC(=O)C2=NN(C3CCS(=O)(=O)C3)C(=O)CC2)n1. The third kappa shape index (κ3) is 3.58. The van der Waals surface area contributed by atoms with Gasteiger partial charge in [-0.05, 0) is 13.3 Å². The fraction of sp³-hybridized carbons (Fsp3) is 0.538. The Balaban J connectivity index is 1.75. The number of hydrazone groups is 1. The molecule has 2 aliphatic heterocycles. The van der Waals surface area contributed by atoms with E-state index in [1.165, 1.54) is 16.3 Å². The van der Waals surface area contributed by atoms with Crippen LogP contribution in [0, 0.1) is 6.92 Å². The molecule has 23 heavy (non-hydrogen) atoms. The first kappa shape index (κ1) is 16.1. The average molecular weight is 356 g/mol. The maximum absolute atomic E-state index is 12.2. The molecule has 2 amide bonds. The van der Waals surface area contributed by atoms with Crippen LogP contribution in [0.15, 0.2) is 10.5 Å². The summed E-state index contributed by atoms with van der Waals surface area (Å²) in [7, 11) is -3.12. The number of aryl methyl sites for hydroxylation is 1. The van der Waals surface area contributed by atoms with Gasteiger partial charge in [0.05, 0.1) is 23.2 Å². The van der Waals surface area contributed by atoms with Crippen LogP contribution in [0.4, 0.5) is 5.13 Å². The summed E-state index contributed by atoms with van der Waals surface area (Å²) in [4.78, 5) is 28.4. The topological polar surface area (TPSA) is 109 Å². The van der Waals surface area contributed by atoms with E-state index in [1.807, 2.05) is 12.3 Å². The van der Waals surface area contributed by atoms with Gasteiger partial charge in [0.15, 0.2) is 15.0 Å². The van der Waals surface area contributed by atoms with Crippen molar-refractivity contribution in [2.75, 3.05) is 16.8 Å². The molecule has 0 bridgehead atoms. The van der Waals surface area contributed by atoms with Crippen LogP contribution in [0.25, 0.3) is 0 Å². The molecule has 0 radical (unpaired) electrons. The molecule has 0 aromatic carbocycles. The zero-order chi connectivity index (χ0) is 16.6. The van der Waals surface area contributed by atoms with Crippen LogP contribution in [0.5, 0.6) is 0 Å². The minimum absolute atomic E-state index is 0.0525. The van der Waals surface area contributed by atoms with Gasteiger partial charge in [-0.1, -0.05) is 0 Å². The predicted octanol–water partition coefficient (Wildman–Crippen LogP) is 0.556. The van der Waals surface area contributed by atoms with Gasteiger partial charge in [-0.25, -0.2) is 18.4 Å². The number of carbonyl (C=O) groups excluding carboxylic acids is 2. The zero-order valence-electron chi connectivity index (χ0n) is 12.5. The number of aromatic nitrogens is 1. The van der Waals surface area contributed by atoms with Crippen molar-refractivity contribution in [3.63, 3.8) is 0 Å². The molecule has 2 aliphatic rings. The Bertz CT molecular complexity index is 784. The van der Waals surface area contributed by atoms with Crippen molar-refractivity contribution >= 4 is 43.8 Å². The lowest BCUT2D eigenvalue weighted by Gasteiger charge is -2.27. The van der Waals surface area contributed by atoms with Gasteiger partial charge in [-0.15, -0.1) is 11.3 Å². The van der Waals surface area contributed by atoms with Gasteiger partial charge in [0.25, 0.3) is 5.91 Å². The number of anilines is 1. The molecule has 3 heterocycles. The first-order valence-electron chi connectivity index (χ1n) is 7.17. The van der Waals surface area contributed by atoms with Crippen LogP contribution in [0.2, 0.25) is 0 Å². The quantitative estimate of drug-likeness (QED) is 0.851. The fourth-order valence-electron chi connectivity index (χ4n) is 2.57. The molecule has 0 spiro atoms. The lowest BCUT2D eigenvalue weighted by molar-refractivity contribution is -0.133. The van der Waals surface area contributed by atoms with Gasteiger partial charge in [-0.3, -0.25) is 14.9 Å². The molecule has 8 nitrogen and oxygen atoms in total. The summed E-state index contributed by atoms with van der Waals surface area (Å²) in [6, 6.07) is -0.474. The number of thiazole rings is 1. The molecule has 1 fully saturated rings. The zero-order valence-corrected chi connectivity index (χ0v) is 14.1. The number of hydrogen-bond acceptors (Lipinski definition) is 7. The predicted molar refractivity (Wildman–Crippen MR) is 86.1 cm³/mol. The van der Waals surface area contributed by atoms with E-state index < -0.39 is 21.8 Å². The number of nitrogens with zero attached hydrogens (tertiary/aromatic N) is 3. The summed E-state index contributed by atoms with van der Waals surface area (Å²) in [5, 5.41) is 10.2. The molecule has 10 heteroatoms. The van der Waals surface area contributed by atoms with Crippen molar-refractivity contribution in [2.24, 2.45) is 5.10 Å². The van der Waals surface area contributed by atoms with E-state index in [-0.39, 0.29) is 36.0 Å².